The van der Waals surface area contributed by atoms with Crippen LogP contribution in [0.25, 0.3) is 0 Å². The second kappa shape index (κ2) is 2.84. The Bertz CT molecular complexity index is 336. The molecule has 0 amide bonds. The van der Waals surface area contributed by atoms with E-state index in [0.29, 0.717) is 5.75 Å². The van der Waals surface area contributed by atoms with Crippen LogP contribution in [0.3, 0.4) is 0 Å². The highest BCUT2D eigenvalue weighted by Crippen LogP contribution is 2.45. The zero-order valence-corrected chi connectivity index (χ0v) is 8.61. The van der Waals surface area contributed by atoms with Crippen LogP contribution in [-0.4, -0.2) is 16.4 Å². The lowest BCUT2D eigenvalue weighted by Crippen LogP contribution is -2.29. The molecule has 0 saturated carbocycles. The van der Waals surface area contributed by atoms with Crippen molar-refractivity contribution in [3.05, 3.63) is 18.2 Å². The van der Waals surface area contributed by atoms with Crippen molar-refractivity contribution in [1.82, 2.24) is 0 Å². The molecule has 70 valence electrons. The maximum absolute atomic E-state index is 9.63. The van der Waals surface area contributed by atoms with E-state index in [-0.39, 0.29) is 4.75 Å². The molecule has 2 nitrogen and oxygen atoms in total. The number of aromatic hydroxyl groups is 1. The van der Waals surface area contributed by atoms with E-state index in [1.165, 1.54) is 0 Å². The number of phenolic OH excluding ortho intramolecular Hbond substituents is 1. The van der Waals surface area contributed by atoms with Gasteiger partial charge in [-0.3, -0.25) is 0 Å². The molecule has 13 heavy (non-hydrogen) atoms. The number of anilines is 1. The first-order valence-electron chi connectivity index (χ1n) is 4.33. The Morgan fingerprint density at radius 2 is 2.23 bits per heavy atom. The number of hydrogen-bond donors (Lipinski definition) is 2. The second-order valence-corrected chi connectivity index (χ2v) is 5.59. The van der Waals surface area contributed by atoms with Gasteiger partial charge in [-0.25, -0.2) is 0 Å². The van der Waals surface area contributed by atoms with Crippen LogP contribution in [0.5, 0.6) is 5.75 Å². The summed E-state index contributed by atoms with van der Waals surface area (Å²) >= 11 is 1.73. The number of benzene rings is 1. The van der Waals surface area contributed by atoms with E-state index in [2.05, 4.69) is 19.2 Å². The minimum atomic E-state index is 0.159. The first kappa shape index (κ1) is 8.75. The summed E-state index contributed by atoms with van der Waals surface area (Å²) in [4.78, 5) is 0.971. The average molecular weight is 195 g/mol. The summed E-state index contributed by atoms with van der Waals surface area (Å²) in [6.45, 7) is 5.27. The van der Waals surface area contributed by atoms with E-state index in [9.17, 15) is 5.11 Å². The van der Waals surface area contributed by atoms with Crippen LogP contribution in [0, 0.1) is 0 Å². The lowest BCUT2D eigenvalue weighted by atomic mass is 10.2. The maximum Gasteiger partial charge on any atom is 0.131 e. The first-order valence-corrected chi connectivity index (χ1v) is 5.15. The van der Waals surface area contributed by atoms with Crippen molar-refractivity contribution >= 4 is 17.4 Å². The van der Waals surface area contributed by atoms with Crippen molar-refractivity contribution in [2.45, 2.75) is 23.5 Å². The van der Waals surface area contributed by atoms with Gasteiger partial charge in [0.1, 0.15) is 5.75 Å². The van der Waals surface area contributed by atoms with E-state index in [0.717, 1.165) is 17.1 Å². The van der Waals surface area contributed by atoms with Crippen molar-refractivity contribution < 1.29 is 5.11 Å². The van der Waals surface area contributed by atoms with Crippen LogP contribution >= 0.6 is 11.8 Å². The molecule has 0 fully saturated rings. The van der Waals surface area contributed by atoms with Crippen molar-refractivity contribution in [2.24, 2.45) is 0 Å². The molecule has 0 unspecified atom stereocenters. The summed E-state index contributed by atoms with van der Waals surface area (Å²) in [5, 5.41) is 12.9. The molecule has 0 radical (unpaired) electrons. The molecule has 0 saturated heterocycles. The molecule has 0 spiro atoms. The Hall–Kier alpha value is -0.830. The normalized spacial score (nSPS) is 18.9. The predicted molar refractivity (Wildman–Crippen MR) is 56.5 cm³/mol. The van der Waals surface area contributed by atoms with Gasteiger partial charge in [-0.1, -0.05) is 6.07 Å². The molecule has 2 rings (SSSR count). The van der Waals surface area contributed by atoms with E-state index < -0.39 is 0 Å². The molecule has 1 aliphatic heterocycles. The van der Waals surface area contributed by atoms with Crippen molar-refractivity contribution in [1.29, 1.82) is 0 Å². The quantitative estimate of drug-likeness (QED) is 0.667. The molecule has 0 aromatic heterocycles. The van der Waals surface area contributed by atoms with Gasteiger partial charge in [-0.05, 0) is 26.0 Å². The zero-order chi connectivity index (χ0) is 9.47. The van der Waals surface area contributed by atoms with Gasteiger partial charge < -0.3 is 10.4 Å². The topological polar surface area (TPSA) is 32.3 Å². The summed E-state index contributed by atoms with van der Waals surface area (Å²) < 4.78 is 0.159. The van der Waals surface area contributed by atoms with Gasteiger partial charge in [0, 0.05) is 11.3 Å². The molecule has 3 heteroatoms. The Labute approximate surface area is 82.4 Å². The molecule has 1 aromatic carbocycles. The molecule has 1 aromatic rings. The monoisotopic (exact) mass is 195 g/mol. The fourth-order valence-electron chi connectivity index (χ4n) is 1.39. The second-order valence-electron chi connectivity index (χ2n) is 3.87. The van der Waals surface area contributed by atoms with Gasteiger partial charge in [0.05, 0.1) is 10.6 Å². The van der Waals surface area contributed by atoms with Gasteiger partial charge in [0.25, 0.3) is 0 Å². The zero-order valence-electron chi connectivity index (χ0n) is 7.79. The highest BCUT2D eigenvalue weighted by atomic mass is 32.2. The van der Waals surface area contributed by atoms with E-state index >= 15 is 0 Å². The van der Waals surface area contributed by atoms with Crippen molar-refractivity contribution in [3.63, 3.8) is 0 Å². The highest BCUT2D eigenvalue weighted by Gasteiger charge is 2.27. The molecule has 0 aliphatic carbocycles. The fraction of sp³-hybridized carbons (Fsp3) is 0.400. The molecule has 0 atom stereocenters. The lowest BCUT2D eigenvalue weighted by molar-refractivity contribution is 0.462. The summed E-state index contributed by atoms with van der Waals surface area (Å²) in [6.07, 6.45) is 0. The third-order valence-electron chi connectivity index (χ3n) is 2.08. The lowest BCUT2D eigenvalue weighted by Gasteiger charge is -2.31. The third kappa shape index (κ3) is 1.61. The molecule has 0 bridgehead atoms. The molecule has 2 N–H and O–H groups in total. The average Bonchev–Trinajstić information content (AvgIpc) is 2.06. The van der Waals surface area contributed by atoms with Gasteiger partial charge in [0.15, 0.2) is 0 Å². The summed E-state index contributed by atoms with van der Waals surface area (Å²) in [6, 6.07) is 5.59. The SMILES string of the molecule is CC1(C)CNc2cccc(O)c2S1. The number of nitrogens with one attached hydrogen (secondary N) is 1. The number of rotatable bonds is 0. The number of phenols is 1. The molecular weight excluding hydrogens is 182 g/mol. The van der Waals surface area contributed by atoms with E-state index in [4.69, 9.17) is 0 Å². The minimum Gasteiger partial charge on any atom is -0.507 e. The van der Waals surface area contributed by atoms with Gasteiger partial charge in [0.2, 0.25) is 0 Å². The standard InChI is InChI=1S/C10H13NOS/c1-10(2)6-11-7-4-3-5-8(12)9(7)13-10/h3-5,11-12H,6H2,1-2H3. The van der Waals surface area contributed by atoms with Gasteiger partial charge in [-0.2, -0.15) is 0 Å². The summed E-state index contributed by atoms with van der Waals surface area (Å²) in [5.41, 5.74) is 1.05. The Morgan fingerprint density at radius 3 is 3.00 bits per heavy atom. The molecule has 1 aliphatic rings. The van der Waals surface area contributed by atoms with Crippen LogP contribution in [-0.2, 0) is 0 Å². The van der Waals surface area contributed by atoms with Crippen molar-refractivity contribution in [2.75, 3.05) is 11.9 Å². The third-order valence-corrected chi connectivity index (χ3v) is 3.41. The highest BCUT2D eigenvalue weighted by molar-refractivity contribution is 8.01. The Balaban J connectivity index is 2.44. The van der Waals surface area contributed by atoms with Crippen LogP contribution in [0.4, 0.5) is 5.69 Å². The molecular formula is C10H13NOS. The number of thioether (sulfide) groups is 1. The maximum atomic E-state index is 9.63. The Morgan fingerprint density at radius 1 is 1.46 bits per heavy atom. The number of hydrogen-bond acceptors (Lipinski definition) is 3. The minimum absolute atomic E-state index is 0.159. The molecule has 1 heterocycles. The van der Waals surface area contributed by atoms with Crippen LogP contribution in [0.15, 0.2) is 23.1 Å². The largest absolute Gasteiger partial charge is 0.507 e. The van der Waals surface area contributed by atoms with E-state index in [1.807, 2.05) is 12.1 Å². The fourth-order valence-corrected chi connectivity index (χ4v) is 2.51. The predicted octanol–water partition coefficient (Wildman–Crippen LogP) is 2.69. The van der Waals surface area contributed by atoms with Crippen molar-refractivity contribution in [3.8, 4) is 5.75 Å². The van der Waals surface area contributed by atoms with Crippen LogP contribution in [0.1, 0.15) is 13.8 Å². The first-order chi connectivity index (χ1) is 6.08. The van der Waals surface area contributed by atoms with Gasteiger partial charge >= 0.3 is 0 Å². The van der Waals surface area contributed by atoms with Gasteiger partial charge in [-0.15, -0.1) is 11.8 Å². The Kier molecular flexibility index (Phi) is 1.91. The van der Waals surface area contributed by atoms with Crippen LogP contribution in [0.2, 0.25) is 0 Å². The summed E-state index contributed by atoms with van der Waals surface area (Å²) in [5.74, 6) is 0.378. The smallest absolute Gasteiger partial charge is 0.131 e. The van der Waals surface area contributed by atoms with Crippen LogP contribution < -0.4 is 5.32 Å². The summed E-state index contributed by atoms with van der Waals surface area (Å²) in [7, 11) is 0. The number of fused-ring (bicyclic) bond motifs is 1. The van der Waals surface area contributed by atoms with E-state index in [1.54, 1.807) is 17.8 Å².